The quantitative estimate of drug-likeness (QED) is 0.412. The third-order valence-corrected chi connectivity index (χ3v) is 5.29. The molecule has 7 heteroatoms. The number of ether oxygens (including phenoxy) is 1. The van der Waals surface area contributed by atoms with Crippen LogP contribution in [-0.4, -0.2) is 36.2 Å². The number of nitrogens with zero attached hydrogens (tertiary/aromatic N) is 2. The second kappa shape index (κ2) is 8.62. The van der Waals surface area contributed by atoms with Crippen molar-refractivity contribution in [1.82, 2.24) is 15.6 Å². The van der Waals surface area contributed by atoms with Crippen LogP contribution in [0.25, 0.3) is 0 Å². The third kappa shape index (κ3) is 5.03. The summed E-state index contributed by atoms with van der Waals surface area (Å²) in [6.45, 7) is 5.22. The lowest BCUT2D eigenvalue weighted by Crippen LogP contribution is -2.47. The number of halogens is 1. The summed E-state index contributed by atoms with van der Waals surface area (Å²) >= 11 is 1.79. The Kier molecular flexibility index (Phi) is 7.09. The summed E-state index contributed by atoms with van der Waals surface area (Å²) in [6, 6.07) is 0.405. The first-order chi connectivity index (χ1) is 10.6. The molecule has 1 aromatic heterocycles. The monoisotopic (exact) mass is 450 g/mol. The minimum absolute atomic E-state index is 0. The Morgan fingerprint density at radius 3 is 2.91 bits per heavy atom. The van der Waals surface area contributed by atoms with Crippen molar-refractivity contribution in [3.8, 4) is 0 Å². The van der Waals surface area contributed by atoms with Crippen LogP contribution >= 0.6 is 35.3 Å². The van der Waals surface area contributed by atoms with Gasteiger partial charge in [0, 0.05) is 24.5 Å². The summed E-state index contributed by atoms with van der Waals surface area (Å²) in [4.78, 5) is 10.1. The Labute approximate surface area is 159 Å². The molecular weight excluding hydrogens is 423 g/mol. The average molecular weight is 450 g/mol. The number of aromatic nitrogens is 1. The van der Waals surface area contributed by atoms with Crippen molar-refractivity contribution in [2.24, 2.45) is 10.9 Å². The molecule has 0 radical (unpaired) electrons. The fourth-order valence-electron chi connectivity index (χ4n) is 3.20. The molecule has 3 heterocycles. The Balaban J connectivity index is 0.00000192. The minimum Gasteiger partial charge on any atom is -0.373 e. The molecule has 2 N–H and O–H groups in total. The fourth-order valence-corrected chi connectivity index (χ4v) is 4.28. The first kappa shape index (κ1) is 18.9. The highest BCUT2D eigenvalue weighted by molar-refractivity contribution is 14.0. The number of aliphatic imine (C=N–C) groups is 1. The fraction of sp³-hybridized carbons (Fsp3) is 0.750. The Bertz CT molecular complexity index is 534. The number of thiazole rings is 1. The normalized spacial score (nSPS) is 26.4. The van der Waals surface area contributed by atoms with Gasteiger partial charge >= 0.3 is 0 Å². The second-order valence-corrected chi connectivity index (χ2v) is 7.80. The number of hydrogen-bond donors (Lipinski definition) is 2. The van der Waals surface area contributed by atoms with E-state index in [9.17, 15) is 0 Å². The van der Waals surface area contributed by atoms with Gasteiger partial charge in [0.25, 0.3) is 0 Å². The van der Waals surface area contributed by atoms with E-state index < -0.39 is 0 Å². The van der Waals surface area contributed by atoms with Gasteiger partial charge in [-0.25, -0.2) is 4.98 Å². The molecule has 2 bridgehead atoms. The molecule has 2 fully saturated rings. The second-order valence-electron chi connectivity index (χ2n) is 6.60. The lowest BCUT2D eigenvalue weighted by atomic mass is 9.96. The van der Waals surface area contributed by atoms with Crippen LogP contribution in [0.3, 0.4) is 0 Å². The van der Waals surface area contributed by atoms with Crippen LogP contribution in [0.1, 0.15) is 43.0 Å². The molecule has 1 aromatic rings. The maximum atomic E-state index is 5.88. The van der Waals surface area contributed by atoms with Crippen molar-refractivity contribution in [3.05, 3.63) is 16.1 Å². The van der Waals surface area contributed by atoms with Gasteiger partial charge in [-0.05, 0) is 25.2 Å². The van der Waals surface area contributed by atoms with Gasteiger partial charge in [0.05, 0.1) is 29.8 Å². The molecular formula is C16H27IN4OS. The van der Waals surface area contributed by atoms with Crippen LogP contribution in [0.5, 0.6) is 0 Å². The zero-order chi connectivity index (χ0) is 15.5. The third-order valence-electron chi connectivity index (χ3n) is 4.27. The number of guanidine groups is 1. The molecule has 2 saturated heterocycles. The molecule has 3 atom stereocenters. The van der Waals surface area contributed by atoms with E-state index in [1.165, 1.54) is 22.7 Å². The van der Waals surface area contributed by atoms with E-state index in [1.807, 2.05) is 13.2 Å². The van der Waals surface area contributed by atoms with Crippen molar-refractivity contribution in [2.75, 3.05) is 7.05 Å². The molecule has 23 heavy (non-hydrogen) atoms. The summed E-state index contributed by atoms with van der Waals surface area (Å²) in [5, 5.41) is 8.12. The molecule has 3 unspecified atom stereocenters. The number of nitrogens with one attached hydrogen (secondary N) is 2. The van der Waals surface area contributed by atoms with Gasteiger partial charge < -0.3 is 15.4 Å². The first-order valence-corrected chi connectivity index (χ1v) is 9.02. The number of rotatable bonds is 5. The highest BCUT2D eigenvalue weighted by atomic mass is 127. The van der Waals surface area contributed by atoms with E-state index in [0.29, 0.717) is 24.2 Å². The Hall–Kier alpha value is -0.410. The van der Waals surface area contributed by atoms with E-state index in [4.69, 9.17) is 4.74 Å². The summed E-state index contributed by atoms with van der Waals surface area (Å²) < 4.78 is 5.88. The molecule has 2 aliphatic heterocycles. The molecule has 0 saturated carbocycles. The molecule has 2 aliphatic rings. The number of fused-ring (bicyclic) bond motifs is 2. The van der Waals surface area contributed by atoms with Crippen molar-refractivity contribution < 1.29 is 4.74 Å². The summed E-state index contributed by atoms with van der Waals surface area (Å²) in [7, 11) is 1.82. The molecule has 3 rings (SSSR count). The predicted octanol–water partition coefficient (Wildman–Crippen LogP) is 2.94. The van der Waals surface area contributed by atoms with Gasteiger partial charge in [-0.3, -0.25) is 4.99 Å². The van der Waals surface area contributed by atoms with E-state index in [-0.39, 0.29) is 24.0 Å². The molecule has 0 amide bonds. The van der Waals surface area contributed by atoms with Crippen LogP contribution in [-0.2, 0) is 17.7 Å². The molecule has 0 aromatic carbocycles. The zero-order valence-electron chi connectivity index (χ0n) is 14.0. The molecule has 130 valence electrons. The standard InChI is InChI=1S/C16H26N4OS.HI/c1-10(2)6-15-18-8-12(22-15)9-19-16(17-3)20-13-7-11-4-5-14(13)21-11;/h8,10-11,13-14H,4-7,9H2,1-3H3,(H2,17,19,20);1H. The van der Waals surface area contributed by atoms with Crippen molar-refractivity contribution in [2.45, 2.75) is 64.3 Å². The smallest absolute Gasteiger partial charge is 0.191 e. The van der Waals surface area contributed by atoms with Crippen LogP contribution in [0.4, 0.5) is 0 Å². The van der Waals surface area contributed by atoms with Gasteiger partial charge in [-0.1, -0.05) is 13.8 Å². The lowest BCUT2D eigenvalue weighted by Gasteiger charge is -2.22. The average Bonchev–Trinajstić information content (AvgIpc) is 3.19. The minimum atomic E-state index is 0. The van der Waals surface area contributed by atoms with Crippen molar-refractivity contribution in [1.29, 1.82) is 0 Å². The maximum Gasteiger partial charge on any atom is 0.191 e. The van der Waals surface area contributed by atoms with Gasteiger partial charge in [-0.2, -0.15) is 0 Å². The zero-order valence-corrected chi connectivity index (χ0v) is 17.2. The topological polar surface area (TPSA) is 58.5 Å². The number of hydrogen-bond acceptors (Lipinski definition) is 4. The SMILES string of the molecule is CN=C(NCc1cnc(CC(C)C)s1)NC1CC2CCC1O2.I. The molecule has 0 aliphatic carbocycles. The van der Waals surface area contributed by atoms with Crippen molar-refractivity contribution in [3.63, 3.8) is 0 Å². The Morgan fingerprint density at radius 2 is 2.30 bits per heavy atom. The first-order valence-electron chi connectivity index (χ1n) is 8.20. The van der Waals surface area contributed by atoms with Crippen LogP contribution in [0.15, 0.2) is 11.2 Å². The largest absolute Gasteiger partial charge is 0.373 e. The van der Waals surface area contributed by atoms with Crippen LogP contribution in [0.2, 0.25) is 0 Å². The van der Waals surface area contributed by atoms with Gasteiger partial charge in [0.1, 0.15) is 0 Å². The summed E-state index contributed by atoms with van der Waals surface area (Å²) in [6.07, 6.45) is 7.35. The van der Waals surface area contributed by atoms with Crippen LogP contribution < -0.4 is 10.6 Å². The summed E-state index contributed by atoms with van der Waals surface area (Å²) in [5.74, 6) is 1.51. The van der Waals surface area contributed by atoms with Gasteiger partial charge in [-0.15, -0.1) is 35.3 Å². The van der Waals surface area contributed by atoms with Crippen LogP contribution in [0, 0.1) is 5.92 Å². The van der Waals surface area contributed by atoms with Gasteiger partial charge in [0.2, 0.25) is 0 Å². The highest BCUT2D eigenvalue weighted by Gasteiger charge is 2.41. The lowest BCUT2D eigenvalue weighted by molar-refractivity contribution is 0.0992. The molecule has 5 nitrogen and oxygen atoms in total. The van der Waals surface area contributed by atoms with Crippen molar-refractivity contribution >= 4 is 41.3 Å². The molecule has 0 spiro atoms. The van der Waals surface area contributed by atoms with E-state index >= 15 is 0 Å². The van der Waals surface area contributed by atoms with E-state index in [1.54, 1.807) is 11.3 Å². The van der Waals surface area contributed by atoms with Gasteiger partial charge in [0.15, 0.2) is 5.96 Å². The van der Waals surface area contributed by atoms with E-state index in [2.05, 4.69) is 34.5 Å². The summed E-state index contributed by atoms with van der Waals surface area (Å²) in [5.41, 5.74) is 0. The van der Waals surface area contributed by atoms with E-state index in [0.717, 1.165) is 25.3 Å². The highest BCUT2D eigenvalue weighted by Crippen LogP contribution is 2.34. The maximum absolute atomic E-state index is 5.88. The Morgan fingerprint density at radius 1 is 1.48 bits per heavy atom. The predicted molar refractivity (Wildman–Crippen MR) is 106 cm³/mol.